The molecular weight excluding hydrogens is 662 g/mol. The fraction of sp³-hybridized carbons (Fsp3) is 0.514. The smallest absolute Gasteiger partial charge is 0.408 e. The molecule has 4 N–H and O–H groups in total. The first-order chi connectivity index (χ1) is 23.8. The van der Waals surface area contributed by atoms with Gasteiger partial charge in [-0.3, -0.25) is 10.1 Å². The molecule has 3 amide bonds. The molecule has 1 aliphatic rings. The highest BCUT2D eigenvalue weighted by Crippen LogP contribution is 2.42. The zero-order valence-corrected chi connectivity index (χ0v) is 29.9. The molecule has 1 aliphatic heterocycles. The van der Waals surface area contributed by atoms with E-state index in [4.69, 9.17) is 18.9 Å². The van der Waals surface area contributed by atoms with Gasteiger partial charge < -0.3 is 34.7 Å². The summed E-state index contributed by atoms with van der Waals surface area (Å²) in [5.74, 6) is -1.49. The fourth-order valence-electron chi connectivity index (χ4n) is 5.40. The SMILES string of the molecule is CC(C)NC(=O)Nc1ncnn2c([C@]3(C#N)O[C@H](COC(=O)Cc4ccccc4)[C@@H](OC(=O)[C@@H](NC(=O)OC(C)(C)C)C(C)(C)C)[C@H]3O)ccc12. The number of ether oxygens (including phenoxy) is 4. The predicted molar refractivity (Wildman–Crippen MR) is 182 cm³/mol. The molecule has 16 heteroatoms. The summed E-state index contributed by atoms with van der Waals surface area (Å²) in [6.45, 7) is 13.2. The van der Waals surface area contributed by atoms with Crippen LogP contribution in [0.5, 0.6) is 0 Å². The van der Waals surface area contributed by atoms with Crippen LogP contribution in [0.15, 0.2) is 48.8 Å². The molecule has 3 aromatic rings. The molecular formula is C35H45N7O9. The number of anilines is 1. The Kier molecular flexibility index (Phi) is 11.6. The van der Waals surface area contributed by atoms with Crippen LogP contribution >= 0.6 is 0 Å². The number of nitriles is 1. The number of nitrogens with one attached hydrogen (secondary N) is 3. The van der Waals surface area contributed by atoms with E-state index in [0.29, 0.717) is 5.56 Å². The van der Waals surface area contributed by atoms with Crippen molar-refractivity contribution in [2.45, 2.75) is 103 Å². The van der Waals surface area contributed by atoms with Crippen LogP contribution in [-0.4, -0.2) is 86.4 Å². The van der Waals surface area contributed by atoms with Gasteiger partial charge in [0, 0.05) is 6.04 Å². The average Bonchev–Trinajstić information content (AvgIpc) is 3.57. The first kappa shape index (κ1) is 38.5. The van der Waals surface area contributed by atoms with Crippen molar-refractivity contribution in [1.82, 2.24) is 25.2 Å². The molecule has 0 saturated carbocycles. The largest absolute Gasteiger partial charge is 0.463 e. The highest BCUT2D eigenvalue weighted by Gasteiger charge is 2.60. The third-order valence-electron chi connectivity index (χ3n) is 7.70. The molecule has 16 nitrogen and oxygen atoms in total. The number of aliphatic hydroxyl groups is 1. The number of nitrogens with zero attached hydrogens (tertiary/aromatic N) is 4. The van der Waals surface area contributed by atoms with Crippen LogP contribution in [0.4, 0.5) is 15.4 Å². The van der Waals surface area contributed by atoms with Gasteiger partial charge >= 0.3 is 24.1 Å². The van der Waals surface area contributed by atoms with Crippen molar-refractivity contribution in [3.05, 3.63) is 60.0 Å². The number of aliphatic hydroxyl groups excluding tert-OH is 1. The minimum atomic E-state index is -2.23. The zero-order chi connectivity index (χ0) is 37.7. The molecule has 274 valence electrons. The Bertz CT molecular complexity index is 1780. The highest BCUT2D eigenvalue weighted by molar-refractivity contribution is 5.92. The summed E-state index contributed by atoms with van der Waals surface area (Å²) in [6, 6.07) is 11.9. The maximum atomic E-state index is 13.8. The van der Waals surface area contributed by atoms with Crippen LogP contribution in [0.1, 0.15) is 66.6 Å². The van der Waals surface area contributed by atoms with Crippen molar-refractivity contribution in [1.29, 1.82) is 5.26 Å². The Labute approximate surface area is 295 Å². The van der Waals surface area contributed by atoms with E-state index in [9.17, 15) is 29.5 Å². The van der Waals surface area contributed by atoms with Gasteiger partial charge in [-0.25, -0.2) is 23.9 Å². The summed E-state index contributed by atoms with van der Waals surface area (Å²) in [7, 11) is 0. The van der Waals surface area contributed by atoms with E-state index in [1.54, 1.807) is 85.7 Å². The molecule has 0 aliphatic carbocycles. The number of rotatable bonds is 10. The lowest BCUT2D eigenvalue weighted by molar-refractivity contribution is -0.164. The van der Waals surface area contributed by atoms with Gasteiger partial charge in [0.25, 0.3) is 0 Å². The summed E-state index contributed by atoms with van der Waals surface area (Å²) < 4.78 is 24.2. The molecule has 3 heterocycles. The summed E-state index contributed by atoms with van der Waals surface area (Å²) >= 11 is 0. The van der Waals surface area contributed by atoms with Gasteiger partial charge in [-0.05, 0) is 57.7 Å². The van der Waals surface area contributed by atoms with E-state index in [0.717, 1.165) is 6.33 Å². The lowest BCUT2D eigenvalue weighted by Gasteiger charge is -2.32. The molecule has 0 radical (unpaired) electrons. The van der Waals surface area contributed by atoms with Gasteiger partial charge in [0.15, 0.2) is 11.9 Å². The van der Waals surface area contributed by atoms with Crippen LogP contribution in [0.2, 0.25) is 0 Å². The van der Waals surface area contributed by atoms with Crippen LogP contribution < -0.4 is 16.0 Å². The molecule has 4 rings (SSSR count). The molecule has 1 saturated heterocycles. The maximum absolute atomic E-state index is 13.8. The Balaban J connectivity index is 1.69. The van der Waals surface area contributed by atoms with Crippen LogP contribution in [0.3, 0.4) is 0 Å². The summed E-state index contributed by atoms with van der Waals surface area (Å²) in [5, 5.41) is 34.6. The number of urea groups is 1. The molecule has 1 aromatic carbocycles. The lowest BCUT2D eigenvalue weighted by Crippen LogP contribution is -2.53. The summed E-state index contributed by atoms with van der Waals surface area (Å²) in [4.78, 5) is 56.0. The van der Waals surface area contributed by atoms with E-state index in [1.165, 1.54) is 16.6 Å². The topological polar surface area (TPSA) is 215 Å². The van der Waals surface area contributed by atoms with Crippen molar-refractivity contribution in [2.24, 2.45) is 5.41 Å². The summed E-state index contributed by atoms with van der Waals surface area (Å²) in [6.07, 6.45) is -4.59. The second-order valence-corrected chi connectivity index (χ2v) is 14.5. The van der Waals surface area contributed by atoms with E-state index < -0.39 is 71.6 Å². The maximum Gasteiger partial charge on any atom is 0.408 e. The van der Waals surface area contributed by atoms with E-state index in [2.05, 4.69) is 26.0 Å². The van der Waals surface area contributed by atoms with Crippen molar-refractivity contribution >= 4 is 35.4 Å². The van der Waals surface area contributed by atoms with Crippen molar-refractivity contribution < 1.29 is 43.2 Å². The van der Waals surface area contributed by atoms with Gasteiger partial charge in [-0.2, -0.15) is 10.4 Å². The third kappa shape index (κ3) is 9.30. The number of hydrogen-bond acceptors (Lipinski definition) is 12. The highest BCUT2D eigenvalue weighted by atomic mass is 16.6. The number of carbonyl (C=O) groups is 4. The third-order valence-corrected chi connectivity index (χ3v) is 7.70. The van der Waals surface area contributed by atoms with Crippen LogP contribution in [-0.2, 0) is 40.6 Å². The number of hydrogen-bond donors (Lipinski definition) is 4. The fourth-order valence-corrected chi connectivity index (χ4v) is 5.40. The van der Waals surface area contributed by atoms with Gasteiger partial charge in [-0.15, -0.1) is 0 Å². The van der Waals surface area contributed by atoms with Crippen molar-refractivity contribution in [3.63, 3.8) is 0 Å². The Morgan fingerprint density at radius 1 is 1.06 bits per heavy atom. The number of esters is 2. The standard InChI is InChI=1S/C35H45N7O9/c1-20(2)39-31(46)41-29-22-14-15-24(42(22)38-19-37-29)35(18-36)28(44)26(23(50-35)17-48-25(43)16-21-12-10-9-11-13-21)49-30(45)27(33(3,4)5)40-32(47)51-34(6,7)8/h9-15,19-20,23,26-28,44H,16-17H2,1-8H3,(H,40,47)(H2,37,38,39,41,46)/t23-,26-,27-,28-,35+/m1/s1. The predicted octanol–water partition coefficient (Wildman–Crippen LogP) is 3.37. The number of carbonyl (C=O) groups excluding carboxylic acids is 4. The average molecular weight is 708 g/mol. The molecule has 0 bridgehead atoms. The molecule has 2 aromatic heterocycles. The monoisotopic (exact) mass is 707 g/mol. The van der Waals surface area contributed by atoms with Gasteiger partial charge in [0.1, 0.15) is 48.4 Å². The Hall–Kier alpha value is -5.27. The molecule has 51 heavy (non-hydrogen) atoms. The van der Waals surface area contributed by atoms with Crippen molar-refractivity contribution in [2.75, 3.05) is 11.9 Å². The Morgan fingerprint density at radius 2 is 1.75 bits per heavy atom. The van der Waals surface area contributed by atoms with Crippen LogP contribution in [0.25, 0.3) is 5.52 Å². The van der Waals surface area contributed by atoms with E-state index >= 15 is 0 Å². The minimum absolute atomic E-state index is 0.0145. The number of benzene rings is 1. The van der Waals surface area contributed by atoms with Crippen LogP contribution in [0, 0.1) is 16.7 Å². The quantitative estimate of drug-likeness (QED) is 0.176. The second-order valence-electron chi connectivity index (χ2n) is 14.5. The number of alkyl carbamates (subject to hydrolysis) is 1. The number of amides is 3. The first-order valence-corrected chi connectivity index (χ1v) is 16.4. The molecule has 1 fully saturated rings. The lowest BCUT2D eigenvalue weighted by atomic mass is 9.86. The molecule has 0 spiro atoms. The van der Waals surface area contributed by atoms with E-state index in [-0.39, 0.29) is 29.5 Å². The zero-order valence-electron chi connectivity index (χ0n) is 29.9. The van der Waals surface area contributed by atoms with E-state index in [1.807, 2.05) is 6.07 Å². The van der Waals surface area contributed by atoms with Gasteiger partial charge in [0.2, 0.25) is 5.60 Å². The normalized spacial score (nSPS) is 21.0. The molecule has 0 unspecified atom stereocenters. The van der Waals surface area contributed by atoms with Crippen molar-refractivity contribution in [3.8, 4) is 6.07 Å². The number of aromatic nitrogens is 3. The molecule has 5 atom stereocenters. The minimum Gasteiger partial charge on any atom is -0.463 e. The Morgan fingerprint density at radius 3 is 2.35 bits per heavy atom. The second kappa shape index (κ2) is 15.3. The van der Waals surface area contributed by atoms with Gasteiger partial charge in [0.05, 0.1) is 12.1 Å². The number of fused-ring (bicyclic) bond motifs is 1. The van der Waals surface area contributed by atoms with Gasteiger partial charge in [-0.1, -0.05) is 51.1 Å². The summed E-state index contributed by atoms with van der Waals surface area (Å²) in [5.41, 5.74) is -3.02. The first-order valence-electron chi connectivity index (χ1n) is 16.4.